The molecule has 7 heteroatoms. The Morgan fingerprint density at radius 1 is 1.43 bits per heavy atom. The standard InChI is InChI=1S/C16H17NO4S2/c18-14(21-11-5-2-1-3-6-11)10-17-15(19)13(23-16(17)22)9-12-7-4-8-20-12/h4,7-9,11H,1-3,5-6,10H2. The van der Waals surface area contributed by atoms with Crippen molar-refractivity contribution in [3.05, 3.63) is 29.1 Å². The highest BCUT2D eigenvalue weighted by Gasteiger charge is 2.34. The van der Waals surface area contributed by atoms with E-state index in [1.807, 2.05) is 0 Å². The SMILES string of the molecule is O=C(CN1C(=O)C(=Cc2ccco2)SC1=S)OC1CCCCC1. The lowest BCUT2D eigenvalue weighted by Gasteiger charge is -2.23. The van der Waals surface area contributed by atoms with E-state index in [4.69, 9.17) is 21.4 Å². The smallest absolute Gasteiger partial charge is 0.326 e. The van der Waals surface area contributed by atoms with E-state index in [0.29, 0.717) is 15.0 Å². The van der Waals surface area contributed by atoms with Crippen molar-refractivity contribution < 1.29 is 18.7 Å². The van der Waals surface area contributed by atoms with Crippen LogP contribution in [0.3, 0.4) is 0 Å². The third kappa shape index (κ3) is 4.03. The first kappa shape index (κ1) is 16.3. The molecule has 122 valence electrons. The van der Waals surface area contributed by atoms with Gasteiger partial charge in [0.15, 0.2) is 0 Å². The van der Waals surface area contributed by atoms with Gasteiger partial charge in [0.1, 0.15) is 22.7 Å². The second-order valence-corrected chi connectivity index (χ2v) is 7.21. The van der Waals surface area contributed by atoms with Gasteiger partial charge < -0.3 is 9.15 Å². The lowest BCUT2D eigenvalue weighted by molar-refractivity contribution is -0.152. The number of rotatable bonds is 4. The maximum atomic E-state index is 12.4. The van der Waals surface area contributed by atoms with Gasteiger partial charge in [0.05, 0.1) is 11.2 Å². The zero-order chi connectivity index (χ0) is 16.2. The lowest BCUT2D eigenvalue weighted by Crippen LogP contribution is -2.36. The van der Waals surface area contributed by atoms with Gasteiger partial charge in [-0.1, -0.05) is 30.4 Å². The van der Waals surface area contributed by atoms with Crippen LogP contribution in [0.5, 0.6) is 0 Å². The topological polar surface area (TPSA) is 59.8 Å². The highest BCUT2D eigenvalue weighted by molar-refractivity contribution is 8.26. The van der Waals surface area contributed by atoms with Crippen molar-refractivity contribution in [2.75, 3.05) is 6.54 Å². The average molecular weight is 351 g/mol. The first-order valence-electron chi connectivity index (χ1n) is 7.62. The van der Waals surface area contributed by atoms with E-state index in [1.54, 1.807) is 18.2 Å². The zero-order valence-corrected chi connectivity index (χ0v) is 14.2. The summed E-state index contributed by atoms with van der Waals surface area (Å²) in [5, 5.41) is 0. The van der Waals surface area contributed by atoms with E-state index < -0.39 is 5.97 Å². The molecule has 0 spiro atoms. The summed E-state index contributed by atoms with van der Waals surface area (Å²) in [6, 6.07) is 3.50. The molecule has 5 nitrogen and oxygen atoms in total. The number of hydrogen-bond acceptors (Lipinski definition) is 6. The third-order valence-corrected chi connectivity index (χ3v) is 5.21. The van der Waals surface area contributed by atoms with Crippen molar-refractivity contribution in [2.45, 2.75) is 38.2 Å². The molecule has 3 rings (SSSR count). The molecular weight excluding hydrogens is 334 g/mol. The third-order valence-electron chi connectivity index (χ3n) is 3.83. The normalized spacial score (nSPS) is 21.2. The summed E-state index contributed by atoms with van der Waals surface area (Å²) in [5.41, 5.74) is 0. The van der Waals surface area contributed by atoms with Crippen LogP contribution in [0.15, 0.2) is 27.7 Å². The molecule has 1 aromatic rings. The summed E-state index contributed by atoms with van der Waals surface area (Å²) < 4.78 is 11.0. The summed E-state index contributed by atoms with van der Waals surface area (Å²) in [7, 11) is 0. The Kier molecular flexibility index (Phi) is 5.17. The molecule has 23 heavy (non-hydrogen) atoms. The number of ether oxygens (including phenoxy) is 1. The molecule has 2 aliphatic rings. The van der Waals surface area contributed by atoms with Gasteiger partial charge in [0.2, 0.25) is 0 Å². The van der Waals surface area contributed by atoms with Crippen molar-refractivity contribution >= 4 is 46.3 Å². The Morgan fingerprint density at radius 3 is 2.91 bits per heavy atom. The molecule has 0 bridgehead atoms. The number of esters is 1. The van der Waals surface area contributed by atoms with E-state index >= 15 is 0 Å². The van der Waals surface area contributed by atoms with Crippen molar-refractivity contribution in [2.24, 2.45) is 0 Å². The fraction of sp³-hybridized carbons (Fsp3) is 0.438. The molecular formula is C16H17NO4S2. The first-order valence-corrected chi connectivity index (χ1v) is 8.84. The predicted octanol–water partition coefficient (Wildman–Crippen LogP) is 3.36. The molecule has 1 aromatic heterocycles. The Balaban J connectivity index is 1.60. The molecule has 2 fully saturated rings. The molecule has 0 radical (unpaired) electrons. The quantitative estimate of drug-likeness (QED) is 0.471. The molecule has 0 atom stereocenters. The highest BCUT2D eigenvalue weighted by Crippen LogP contribution is 2.32. The molecule has 0 aromatic carbocycles. The molecule has 0 N–H and O–H groups in total. The number of amides is 1. The largest absolute Gasteiger partial charge is 0.465 e. The van der Waals surface area contributed by atoms with E-state index in [0.717, 1.165) is 25.7 Å². The van der Waals surface area contributed by atoms with Crippen LogP contribution in [0.1, 0.15) is 37.9 Å². The number of carbonyl (C=O) groups excluding carboxylic acids is 2. The number of furan rings is 1. The molecule has 1 aliphatic carbocycles. The number of thioether (sulfide) groups is 1. The second-order valence-electron chi connectivity index (χ2n) is 5.53. The molecule has 1 saturated heterocycles. The van der Waals surface area contributed by atoms with Crippen LogP contribution in [0.25, 0.3) is 6.08 Å². The van der Waals surface area contributed by atoms with Crippen LogP contribution < -0.4 is 0 Å². The lowest BCUT2D eigenvalue weighted by atomic mass is 9.98. The van der Waals surface area contributed by atoms with Gasteiger partial charge in [-0.25, -0.2) is 0 Å². The predicted molar refractivity (Wildman–Crippen MR) is 91.6 cm³/mol. The van der Waals surface area contributed by atoms with E-state index in [2.05, 4.69) is 0 Å². The zero-order valence-electron chi connectivity index (χ0n) is 12.5. The number of carbonyl (C=O) groups is 2. The molecule has 1 amide bonds. The van der Waals surface area contributed by atoms with Crippen LogP contribution in [-0.2, 0) is 14.3 Å². The van der Waals surface area contributed by atoms with Crippen LogP contribution in [0.4, 0.5) is 0 Å². The number of nitrogens with zero attached hydrogens (tertiary/aromatic N) is 1. The van der Waals surface area contributed by atoms with Crippen LogP contribution in [0, 0.1) is 0 Å². The average Bonchev–Trinajstić information content (AvgIpc) is 3.13. The number of thiocarbonyl (C=S) groups is 1. The molecule has 0 unspecified atom stereocenters. The first-order chi connectivity index (χ1) is 11.1. The maximum absolute atomic E-state index is 12.4. The fourth-order valence-electron chi connectivity index (χ4n) is 2.67. The van der Waals surface area contributed by atoms with E-state index in [-0.39, 0.29) is 18.6 Å². The Morgan fingerprint density at radius 2 is 2.22 bits per heavy atom. The number of hydrogen-bond donors (Lipinski definition) is 0. The summed E-state index contributed by atoms with van der Waals surface area (Å²) in [4.78, 5) is 26.2. The monoisotopic (exact) mass is 351 g/mol. The minimum atomic E-state index is -0.396. The van der Waals surface area contributed by atoms with Crippen molar-refractivity contribution in [1.29, 1.82) is 0 Å². The van der Waals surface area contributed by atoms with Crippen LogP contribution >= 0.6 is 24.0 Å². The molecule has 1 aliphatic heterocycles. The summed E-state index contributed by atoms with van der Waals surface area (Å²) in [6.07, 6.45) is 8.33. The van der Waals surface area contributed by atoms with E-state index in [9.17, 15) is 9.59 Å². The minimum Gasteiger partial charge on any atom is -0.465 e. The Labute approximate surface area is 144 Å². The van der Waals surface area contributed by atoms with Gasteiger partial charge in [0, 0.05) is 6.08 Å². The van der Waals surface area contributed by atoms with Gasteiger partial charge in [-0.15, -0.1) is 0 Å². The van der Waals surface area contributed by atoms with Gasteiger partial charge in [-0.2, -0.15) is 0 Å². The second kappa shape index (κ2) is 7.31. The summed E-state index contributed by atoms with van der Waals surface area (Å²) >= 11 is 6.37. The summed E-state index contributed by atoms with van der Waals surface area (Å²) in [6.45, 7) is -0.128. The molecule has 1 saturated carbocycles. The van der Waals surface area contributed by atoms with Crippen molar-refractivity contribution in [3.63, 3.8) is 0 Å². The minimum absolute atomic E-state index is 0.0201. The van der Waals surface area contributed by atoms with Gasteiger partial charge in [-0.05, 0) is 37.8 Å². The van der Waals surface area contributed by atoms with Crippen molar-refractivity contribution in [1.82, 2.24) is 4.90 Å². The van der Waals surface area contributed by atoms with Gasteiger partial charge in [-0.3, -0.25) is 14.5 Å². The van der Waals surface area contributed by atoms with Gasteiger partial charge >= 0.3 is 5.97 Å². The fourth-order valence-corrected chi connectivity index (χ4v) is 3.91. The Bertz CT molecular complexity index is 633. The van der Waals surface area contributed by atoms with Crippen LogP contribution in [0.2, 0.25) is 0 Å². The van der Waals surface area contributed by atoms with Gasteiger partial charge in [0.25, 0.3) is 5.91 Å². The van der Waals surface area contributed by atoms with E-state index in [1.165, 1.54) is 29.3 Å². The highest BCUT2D eigenvalue weighted by atomic mass is 32.2. The maximum Gasteiger partial charge on any atom is 0.326 e. The Hall–Kier alpha value is -1.60. The molecule has 2 heterocycles. The van der Waals surface area contributed by atoms with Crippen molar-refractivity contribution in [3.8, 4) is 0 Å². The van der Waals surface area contributed by atoms with Crippen LogP contribution in [-0.4, -0.2) is 33.7 Å². The summed E-state index contributed by atoms with van der Waals surface area (Å²) in [5.74, 6) is -0.0975.